The van der Waals surface area contributed by atoms with Gasteiger partial charge in [0.05, 0.1) is 18.7 Å². The van der Waals surface area contributed by atoms with Crippen molar-refractivity contribution in [1.29, 1.82) is 0 Å². The molecule has 5 nitrogen and oxygen atoms in total. The van der Waals surface area contributed by atoms with Crippen molar-refractivity contribution in [2.45, 2.75) is 27.2 Å². The number of ether oxygens (including phenoxy) is 1. The van der Waals surface area contributed by atoms with Crippen LogP contribution in [0.25, 0.3) is 5.13 Å². The highest BCUT2D eigenvalue weighted by atomic mass is 32.1. The Hall–Kier alpha value is -1.69. The van der Waals surface area contributed by atoms with Gasteiger partial charge in [-0.1, -0.05) is 6.92 Å². The standard InChI is InChI=1S/C13H17N3O2S/c1-8(12(17)18-4)7-11-9(2)15-16(10(11)3)13-14-5-6-19-13/h5-6,8H,7H2,1-4H3. The van der Waals surface area contributed by atoms with Gasteiger partial charge >= 0.3 is 5.97 Å². The van der Waals surface area contributed by atoms with E-state index >= 15 is 0 Å². The lowest BCUT2D eigenvalue weighted by Gasteiger charge is -2.09. The molecule has 0 bridgehead atoms. The highest BCUT2D eigenvalue weighted by Crippen LogP contribution is 2.22. The molecule has 2 aromatic heterocycles. The summed E-state index contributed by atoms with van der Waals surface area (Å²) >= 11 is 1.54. The van der Waals surface area contributed by atoms with Crippen LogP contribution >= 0.6 is 11.3 Å². The summed E-state index contributed by atoms with van der Waals surface area (Å²) in [4.78, 5) is 15.8. The number of rotatable bonds is 4. The molecule has 1 unspecified atom stereocenters. The molecule has 0 aliphatic carbocycles. The molecule has 0 aromatic carbocycles. The third-order valence-electron chi connectivity index (χ3n) is 3.16. The van der Waals surface area contributed by atoms with Gasteiger partial charge in [-0.2, -0.15) is 5.10 Å². The molecule has 2 aromatic rings. The molecule has 0 aliphatic heterocycles. The van der Waals surface area contributed by atoms with Gasteiger partial charge in [0.25, 0.3) is 0 Å². The monoisotopic (exact) mass is 279 g/mol. The molecule has 0 radical (unpaired) electrons. The molecule has 1 atom stereocenters. The summed E-state index contributed by atoms with van der Waals surface area (Å²) in [6.45, 7) is 5.82. The van der Waals surface area contributed by atoms with Gasteiger partial charge in [0, 0.05) is 17.3 Å². The minimum absolute atomic E-state index is 0.170. The molecule has 0 saturated carbocycles. The van der Waals surface area contributed by atoms with Gasteiger partial charge in [-0.25, -0.2) is 9.67 Å². The average molecular weight is 279 g/mol. The van der Waals surface area contributed by atoms with E-state index in [1.54, 1.807) is 6.20 Å². The Labute approximate surface area is 116 Å². The first-order valence-corrected chi connectivity index (χ1v) is 6.95. The van der Waals surface area contributed by atoms with E-state index in [4.69, 9.17) is 4.74 Å². The fourth-order valence-corrected chi connectivity index (χ4v) is 2.71. The van der Waals surface area contributed by atoms with Crippen LogP contribution in [0.4, 0.5) is 0 Å². The van der Waals surface area contributed by atoms with Crippen LogP contribution in [-0.2, 0) is 16.0 Å². The van der Waals surface area contributed by atoms with E-state index in [1.165, 1.54) is 18.4 Å². The zero-order valence-electron chi connectivity index (χ0n) is 11.5. The molecule has 0 aliphatic rings. The molecule has 6 heteroatoms. The molecule has 0 saturated heterocycles. The van der Waals surface area contributed by atoms with Crippen LogP contribution in [0.1, 0.15) is 23.9 Å². The van der Waals surface area contributed by atoms with Crippen molar-refractivity contribution in [2.75, 3.05) is 7.11 Å². The third kappa shape index (κ3) is 2.68. The summed E-state index contributed by atoms with van der Waals surface area (Å²) in [5.41, 5.74) is 3.06. The minimum Gasteiger partial charge on any atom is -0.469 e. The van der Waals surface area contributed by atoms with E-state index in [0.717, 1.165) is 22.1 Å². The summed E-state index contributed by atoms with van der Waals surface area (Å²) < 4.78 is 6.60. The van der Waals surface area contributed by atoms with Crippen molar-refractivity contribution in [3.63, 3.8) is 0 Å². The van der Waals surface area contributed by atoms with Gasteiger partial charge in [-0.05, 0) is 25.8 Å². The number of aryl methyl sites for hydroxylation is 1. The first kappa shape index (κ1) is 13.7. The Morgan fingerprint density at radius 3 is 2.84 bits per heavy atom. The van der Waals surface area contributed by atoms with Gasteiger partial charge < -0.3 is 4.74 Å². The molecular formula is C13H17N3O2S. The molecule has 2 heterocycles. The second-order valence-corrected chi connectivity index (χ2v) is 5.38. The van der Waals surface area contributed by atoms with Crippen LogP contribution < -0.4 is 0 Å². The Balaban J connectivity index is 2.30. The van der Waals surface area contributed by atoms with Crippen LogP contribution in [0.15, 0.2) is 11.6 Å². The van der Waals surface area contributed by atoms with Crippen LogP contribution in [0.2, 0.25) is 0 Å². The van der Waals surface area contributed by atoms with Crippen molar-refractivity contribution >= 4 is 17.3 Å². The van der Waals surface area contributed by atoms with E-state index in [9.17, 15) is 4.79 Å². The maximum Gasteiger partial charge on any atom is 0.308 e. The highest BCUT2D eigenvalue weighted by Gasteiger charge is 2.20. The van der Waals surface area contributed by atoms with E-state index in [1.807, 2.05) is 30.8 Å². The molecule has 0 amide bonds. The smallest absolute Gasteiger partial charge is 0.308 e. The predicted molar refractivity (Wildman–Crippen MR) is 73.6 cm³/mol. The molecule has 2 rings (SSSR count). The lowest BCUT2D eigenvalue weighted by Crippen LogP contribution is -2.15. The quantitative estimate of drug-likeness (QED) is 0.806. The SMILES string of the molecule is COC(=O)C(C)Cc1c(C)nn(-c2nccs2)c1C. The van der Waals surface area contributed by atoms with Crippen LogP contribution in [0.3, 0.4) is 0 Å². The largest absolute Gasteiger partial charge is 0.469 e. The summed E-state index contributed by atoms with van der Waals surface area (Å²) in [6, 6.07) is 0. The van der Waals surface area contributed by atoms with Gasteiger partial charge in [0.2, 0.25) is 5.13 Å². The van der Waals surface area contributed by atoms with Crippen LogP contribution in [0, 0.1) is 19.8 Å². The lowest BCUT2D eigenvalue weighted by atomic mass is 10.00. The topological polar surface area (TPSA) is 57.0 Å². The normalized spacial score (nSPS) is 12.4. The Morgan fingerprint density at radius 2 is 2.26 bits per heavy atom. The van der Waals surface area contributed by atoms with Crippen molar-refractivity contribution in [2.24, 2.45) is 5.92 Å². The van der Waals surface area contributed by atoms with E-state index in [2.05, 4.69) is 10.1 Å². The molecule has 0 fully saturated rings. The summed E-state index contributed by atoms with van der Waals surface area (Å²) in [7, 11) is 1.41. The van der Waals surface area contributed by atoms with Crippen LogP contribution in [-0.4, -0.2) is 27.8 Å². The number of hydrogen-bond acceptors (Lipinski definition) is 5. The molecule has 19 heavy (non-hydrogen) atoms. The molecule has 102 valence electrons. The Bertz CT molecular complexity index is 575. The fraction of sp³-hybridized carbons (Fsp3) is 0.462. The van der Waals surface area contributed by atoms with Gasteiger partial charge in [0.15, 0.2) is 0 Å². The van der Waals surface area contributed by atoms with Crippen molar-refractivity contribution in [3.8, 4) is 5.13 Å². The van der Waals surface area contributed by atoms with Crippen LogP contribution in [0.5, 0.6) is 0 Å². The Kier molecular flexibility index (Phi) is 3.99. The lowest BCUT2D eigenvalue weighted by molar-refractivity contribution is -0.144. The first-order chi connectivity index (χ1) is 9.04. The number of esters is 1. The predicted octanol–water partition coefficient (Wildman–Crippen LogP) is 2.30. The van der Waals surface area contributed by atoms with E-state index < -0.39 is 0 Å². The zero-order valence-corrected chi connectivity index (χ0v) is 12.3. The number of methoxy groups -OCH3 is 1. The summed E-state index contributed by atoms with van der Waals surface area (Å²) in [5.74, 6) is -0.364. The second-order valence-electron chi connectivity index (χ2n) is 4.50. The number of carbonyl (C=O) groups is 1. The number of aromatic nitrogens is 3. The fourth-order valence-electron chi connectivity index (χ4n) is 2.07. The second kappa shape index (κ2) is 5.52. The van der Waals surface area contributed by atoms with E-state index in [-0.39, 0.29) is 11.9 Å². The molecular weight excluding hydrogens is 262 g/mol. The summed E-state index contributed by atoms with van der Waals surface area (Å²) in [6.07, 6.45) is 2.39. The first-order valence-electron chi connectivity index (χ1n) is 6.07. The molecule has 0 N–H and O–H groups in total. The zero-order chi connectivity index (χ0) is 14.0. The minimum atomic E-state index is -0.194. The molecule has 0 spiro atoms. The maximum atomic E-state index is 11.5. The van der Waals surface area contributed by atoms with E-state index in [0.29, 0.717) is 6.42 Å². The number of thiazole rings is 1. The number of nitrogens with zero attached hydrogens (tertiary/aromatic N) is 3. The van der Waals surface area contributed by atoms with Crippen molar-refractivity contribution < 1.29 is 9.53 Å². The van der Waals surface area contributed by atoms with Gasteiger partial charge in [0.1, 0.15) is 0 Å². The Morgan fingerprint density at radius 1 is 1.53 bits per heavy atom. The number of hydrogen-bond donors (Lipinski definition) is 0. The van der Waals surface area contributed by atoms with Gasteiger partial charge in [-0.15, -0.1) is 11.3 Å². The third-order valence-corrected chi connectivity index (χ3v) is 3.90. The maximum absolute atomic E-state index is 11.5. The highest BCUT2D eigenvalue weighted by molar-refractivity contribution is 7.12. The van der Waals surface area contributed by atoms with Crippen molar-refractivity contribution in [1.82, 2.24) is 14.8 Å². The average Bonchev–Trinajstić information content (AvgIpc) is 3.00. The van der Waals surface area contributed by atoms with Gasteiger partial charge in [-0.3, -0.25) is 4.79 Å². The summed E-state index contributed by atoms with van der Waals surface area (Å²) in [5, 5.41) is 7.27. The number of carbonyl (C=O) groups excluding carboxylic acids is 1. The van der Waals surface area contributed by atoms with Crippen molar-refractivity contribution in [3.05, 3.63) is 28.5 Å².